The molecule has 0 atom stereocenters. The predicted octanol–water partition coefficient (Wildman–Crippen LogP) is 0.572. The number of rotatable bonds is 4. The van der Waals surface area contributed by atoms with Crippen LogP contribution in [0.4, 0.5) is 11.4 Å². The minimum Gasteiger partial charge on any atom is -0.495 e. The number of methoxy groups -OCH3 is 2. The van der Waals surface area contributed by atoms with Crippen LogP contribution in [0, 0.1) is 0 Å². The van der Waals surface area contributed by atoms with Crippen LogP contribution < -0.4 is 15.4 Å². The highest BCUT2D eigenvalue weighted by Crippen LogP contribution is 2.30. The van der Waals surface area contributed by atoms with Gasteiger partial charge < -0.3 is 25.0 Å². The molecule has 6 nitrogen and oxygen atoms in total. The lowest BCUT2D eigenvalue weighted by atomic mass is 10.2. The monoisotopic (exact) mass is 279 g/mol. The summed E-state index contributed by atoms with van der Waals surface area (Å²) in [7, 11) is 3.18. The van der Waals surface area contributed by atoms with E-state index in [-0.39, 0.29) is 12.5 Å². The molecule has 1 amide bonds. The average Bonchev–Trinajstić information content (AvgIpc) is 2.47. The standard InChI is InChI=1S/C14H21N3O3/c1-19-10-14(18)17-7-5-16(6-8-17)12-9-11(15)3-4-13(12)20-2/h3-4,9H,5-8,10,15H2,1-2H3. The number of nitrogen functional groups attached to an aromatic ring is 1. The van der Waals surface area contributed by atoms with Crippen LogP contribution in [0.5, 0.6) is 5.75 Å². The summed E-state index contributed by atoms with van der Waals surface area (Å²) in [5, 5.41) is 0. The van der Waals surface area contributed by atoms with Gasteiger partial charge in [0.2, 0.25) is 5.91 Å². The largest absolute Gasteiger partial charge is 0.495 e. The molecule has 110 valence electrons. The van der Waals surface area contributed by atoms with Crippen molar-refractivity contribution in [2.24, 2.45) is 0 Å². The van der Waals surface area contributed by atoms with Gasteiger partial charge in [0.05, 0.1) is 12.8 Å². The van der Waals surface area contributed by atoms with Crippen LogP contribution >= 0.6 is 0 Å². The smallest absolute Gasteiger partial charge is 0.248 e. The van der Waals surface area contributed by atoms with Crippen LogP contribution in [-0.4, -0.2) is 57.8 Å². The third kappa shape index (κ3) is 3.14. The number of nitrogens with two attached hydrogens (primary N) is 1. The van der Waals surface area contributed by atoms with Gasteiger partial charge in [-0.3, -0.25) is 4.79 Å². The molecule has 2 N–H and O–H groups in total. The Morgan fingerprint density at radius 1 is 1.25 bits per heavy atom. The third-order valence-corrected chi connectivity index (χ3v) is 3.44. The molecule has 1 aliphatic rings. The average molecular weight is 279 g/mol. The molecule has 0 aliphatic carbocycles. The number of carbonyl (C=O) groups excluding carboxylic acids is 1. The molecule has 1 aromatic carbocycles. The van der Waals surface area contributed by atoms with Crippen LogP contribution in [-0.2, 0) is 9.53 Å². The van der Waals surface area contributed by atoms with Gasteiger partial charge in [-0.05, 0) is 18.2 Å². The first-order chi connectivity index (χ1) is 9.65. The number of hydrogen-bond donors (Lipinski definition) is 1. The molecule has 1 fully saturated rings. The number of nitrogens with zero attached hydrogens (tertiary/aromatic N) is 2. The summed E-state index contributed by atoms with van der Waals surface area (Å²) < 4.78 is 10.2. The van der Waals surface area contributed by atoms with Crippen molar-refractivity contribution in [3.05, 3.63) is 18.2 Å². The van der Waals surface area contributed by atoms with Crippen LogP contribution in [0.15, 0.2) is 18.2 Å². The lowest BCUT2D eigenvalue weighted by molar-refractivity contribution is -0.135. The Balaban J connectivity index is 2.03. The van der Waals surface area contributed by atoms with Crippen molar-refractivity contribution >= 4 is 17.3 Å². The van der Waals surface area contributed by atoms with E-state index < -0.39 is 0 Å². The van der Waals surface area contributed by atoms with E-state index in [1.54, 1.807) is 7.11 Å². The van der Waals surface area contributed by atoms with Crippen LogP contribution in [0.1, 0.15) is 0 Å². The van der Waals surface area contributed by atoms with Crippen molar-refractivity contribution in [1.29, 1.82) is 0 Å². The number of carbonyl (C=O) groups is 1. The number of hydrogen-bond acceptors (Lipinski definition) is 5. The number of benzene rings is 1. The van der Waals surface area contributed by atoms with Crippen LogP contribution in [0.25, 0.3) is 0 Å². The maximum absolute atomic E-state index is 11.8. The third-order valence-electron chi connectivity index (χ3n) is 3.44. The van der Waals surface area contributed by atoms with Crippen molar-refractivity contribution in [3.63, 3.8) is 0 Å². The van der Waals surface area contributed by atoms with Gasteiger partial charge in [0.15, 0.2) is 0 Å². The summed E-state index contributed by atoms with van der Waals surface area (Å²) in [4.78, 5) is 15.8. The molecule has 0 aromatic heterocycles. The summed E-state index contributed by atoms with van der Waals surface area (Å²) in [6.45, 7) is 3.02. The van der Waals surface area contributed by atoms with Crippen molar-refractivity contribution in [2.75, 3.05) is 57.6 Å². The maximum Gasteiger partial charge on any atom is 0.248 e. The van der Waals surface area contributed by atoms with Crippen molar-refractivity contribution in [3.8, 4) is 5.75 Å². The molecule has 20 heavy (non-hydrogen) atoms. The minimum atomic E-state index is 0.0340. The molecule has 6 heteroatoms. The van der Waals surface area contributed by atoms with Crippen LogP contribution in [0.3, 0.4) is 0 Å². The summed E-state index contributed by atoms with van der Waals surface area (Å²) in [6.07, 6.45) is 0. The van der Waals surface area contributed by atoms with Gasteiger partial charge in [0, 0.05) is 39.0 Å². The Morgan fingerprint density at radius 3 is 2.55 bits per heavy atom. The van der Waals surface area contributed by atoms with Gasteiger partial charge in [-0.15, -0.1) is 0 Å². The fraction of sp³-hybridized carbons (Fsp3) is 0.500. The Hall–Kier alpha value is -1.95. The molecule has 2 rings (SSSR count). The van der Waals surface area contributed by atoms with Gasteiger partial charge in [-0.25, -0.2) is 0 Å². The molecule has 1 aliphatic heterocycles. The zero-order valence-electron chi connectivity index (χ0n) is 12.0. The zero-order valence-corrected chi connectivity index (χ0v) is 12.0. The van der Waals surface area contributed by atoms with E-state index in [9.17, 15) is 4.79 Å². The lowest BCUT2D eigenvalue weighted by Gasteiger charge is -2.36. The molecule has 1 heterocycles. The van der Waals surface area contributed by atoms with E-state index in [1.807, 2.05) is 23.1 Å². The highest BCUT2D eigenvalue weighted by Gasteiger charge is 2.22. The Kier molecular flexibility index (Phi) is 4.68. The highest BCUT2D eigenvalue weighted by molar-refractivity contribution is 5.78. The molecule has 0 bridgehead atoms. The highest BCUT2D eigenvalue weighted by atomic mass is 16.5. The van der Waals surface area contributed by atoms with E-state index >= 15 is 0 Å². The summed E-state index contributed by atoms with van der Waals surface area (Å²) >= 11 is 0. The van der Waals surface area contributed by atoms with E-state index in [0.29, 0.717) is 18.8 Å². The van der Waals surface area contributed by atoms with Crippen LogP contribution in [0.2, 0.25) is 0 Å². The number of ether oxygens (including phenoxy) is 2. The predicted molar refractivity (Wildman–Crippen MR) is 78.1 cm³/mol. The second-order valence-corrected chi connectivity index (χ2v) is 4.73. The molecular formula is C14H21N3O3. The SMILES string of the molecule is COCC(=O)N1CCN(c2cc(N)ccc2OC)CC1. The minimum absolute atomic E-state index is 0.0340. The normalized spacial score (nSPS) is 15.3. The van der Waals surface area contributed by atoms with E-state index in [1.165, 1.54) is 7.11 Å². The summed E-state index contributed by atoms with van der Waals surface area (Å²) in [6, 6.07) is 5.60. The van der Waals surface area contributed by atoms with Gasteiger partial charge in [-0.1, -0.05) is 0 Å². The van der Waals surface area contributed by atoms with Gasteiger partial charge in [0.1, 0.15) is 12.4 Å². The summed E-state index contributed by atoms with van der Waals surface area (Å²) in [5.74, 6) is 0.836. The van der Waals surface area contributed by atoms with E-state index in [2.05, 4.69) is 4.90 Å². The van der Waals surface area contributed by atoms with Crippen molar-refractivity contribution in [2.45, 2.75) is 0 Å². The first-order valence-electron chi connectivity index (χ1n) is 6.61. The van der Waals surface area contributed by atoms with E-state index in [4.69, 9.17) is 15.2 Å². The molecule has 0 spiro atoms. The molecule has 0 saturated carbocycles. The van der Waals surface area contributed by atoms with Crippen molar-refractivity contribution < 1.29 is 14.3 Å². The summed E-state index contributed by atoms with van der Waals surface area (Å²) in [5.41, 5.74) is 7.53. The Labute approximate surface area is 119 Å². The first kappa shape index (κ1) is 14.5. The number of anilines is 2. The molecule has 0 radical (unpaired) electrons. The van der Waals surface area contributed by atoms with Gasteiger partial charge in [-0.2, -0.15) is 0 Å². The first-order valence-corrected chi connectivity index (χ1v) is 6.61. The number of amides is 1. The van der Waals surface area contributed by atoms with Crippen molar-refractivity contribution in [1.82, 2.24) is 4.90 Å². The second-order valence-electron chi connectivity index (χ2n) is 4.73. The lowest BCUT2D eigenvalue weighted by Crippen LogP contribution is -2.49. The Bertz CT molecular complexity index is 471. The van der Waals surface area contributed by atoms with Gasteiger partial charge >= 0.3 is 0 Å². The topological polar surface area (TPSA) is 68.0 Å². The molecule has 1 aromatic rings. The fourth-order valence-corrected chi connectivity index (χ4v) is 2.37. The quantitative estimate of drug-likeness (QED) is 0.816. The maximum atomic E-state index is 11.8. The zero-order chi connectivity index (χ0) is 14.5. The molecular weight excluding hydrogens is 258 g/mol. The molecule has 0 unspecified atom stereocenters. The number of piperazine rings is 1. The second kappa shape index (κ2) is 6.47. The fourth-order valence-electron chi connectivity index (χ4n) is 2.37. The van der Waals surface area contributed by atoms with Gasteiger partial charge in [0.25, 0.3) is 0 Å². The van der Waals surface area contributed by atoms with E-state index in [0.717, 1.165) is 24.5 Å². The molecule has 1 saturated heterocycles. The Morgan fingerprint density at radius 2 is 1.95 bits per heavy atom.